The zero-order chi connectivity index (χ0) is 19.3. The Morgan fingerprint density at radius 1 is 1.11 bits per heavy atom. The largest absolute Gasteiger partial charge is 0.298 e. The van der Waals surface area contributed by atoms with Gasteiger partial charge in [0.2, 0.25) is 5.91 Å². The van der Waals surface area contributed by atoms with Crippen molar-refractivity contribution in [3.63, 3.8) is 0 Å². The number of para-hydroxylation sites is 2. The summed E-state index contributed by atoms with van der Waals surface area (Å²) < 4.78 is 2.05. The van der Waals surface area contributed by atoms with Crippen molar-refractivity contribution < 1.29 is 4.79 Å². The van der Waals surface area contributed by atoms with E-state index in [9.17, 15) is 4.79 Å². The van der Waals surface area contributed by atoms with E-state index in [4.69, 9.17) is 5.26 Å². The first-order valence-corrected chi connectivity index (χ1v) is 10.1. The predicted octanol–water partition coefficient (Wildman–Crippen LogP) is 3.79. The van der Waals surface area contributed by atoms with Gasteiger partial charge in [0.1, 0.15) is 12.4 Å². The molecule has 1 amide bonds. The zero-order valence-corrected chi connectivity index (χ0v) is 16.0. The first-order valence-electron chi connectivity index (χ1n) is 9.14. The number of anilines is 1. The Labute approximate surface area is 167 Å². The minimum absolute atomic E-state index is 0.0160. The maximum absolute atomic E-state index is 12.8. The van der Waals surface area contributed by atoms with Gasteiger partial charge in [0.25, 0.3) is 0 Å². The second-order valence-corrected chi connectivity index (χ2v) is 7.49. The Morgan fingerprint density at radius 2 is 1.79 bits per heavy atom. The molecule has 1 saturated carbocycles. The van der Waals surface area contributed by atoms with Crippen LogP contribution in [0.1, 0.15) is 24.6 Å². The van der Waals surface area contributed by atoms with Gasteiger partial charge in [-0.2, -0.15) is 5.26 Å². The normalized spacial score (nSPS) is 13.1. The third-order valence-electron chi connectivity index (χ3n) is 4.54. The minimum Gasteiger partial charge on any atom is -0.298 e. The summed E-state index contributed by atoms with van der Waals surface area (Å²) in [5.41, 5.74) is 1.72. The number of carbonyl (C=O) groups excluding carboxylic acids is 1. The summed E-state index contributed by atoms with van der Waals surface area (Å²) in [6.45, 7) is 0.0160. The van der Waals surface area contributed by atoms with Crippen LogP contribution in [0.25, 0.3) is 5.69 Å². The fourth-order valence-electron chi connectivity index (χ4n) is 3.01. The fraction of sp³-hybridized carbons (Fsp3) is 0.238. The average molecular weight is 389 g/mol. The number of nitriles is 1. The Hall–Kier alpha value is -3.11. The lowest BCUT2D eigenvalue weighted by Gasteiger charge is -2.19. The summed E-state index contributed by atoms with van der Waals surface area (Å²) in [4.78, 5) is 14.3. The van der Waals surface area contributed by atoms with Gasteiger partial charge in [-0.1, -0.05) is 48.2 Å². The molecule has 1 aliphatic carbocycles. The van der Waals surface area contributed by atoms with Crippen molar-refractivity contribution in [3.8, 4) is 11.8 Å². The van der Waals surface area contributed by atoms with Gasteiger partial charge in [0.05, 0.1) is 11.8 Å². The second kappa shape index (κ2) is 8.28. The maximum atomic E-state index is 12.8. The smallest absolute Gasteiger partial charge is 0.238 e. The molecule has 7 heteroatoms. The molecule has 1 aromatic heterocycles. The molecule has 6 nitrogen and oxygen atoms in total. The lowest BCUT2D eigenvalue weighted by Crippen LogP contribution is -2.32. The Morgan fingerprint density at radius 3 is 2.43 bits per heavy atom. The predicted molar refractivity (Wildman–Crippen MR) is 108 cm³/mol. The Bertz CT molecular complexity index is 993. The van der Waals surface area contributed by atoms with Crippen LogP contribution in [0, 0.1) is 11.3 Å². The van der Waals surface area contributed by atoms with Crippen LogP contribution >= 0.6 is 11.8 Å². The molecule has 0 radical (unpaired) electrons. The van der Waals surface area contributed by atoms with Crippen molar-refractivity contribution >= 4 is 23.4 Å². The van der Waals surface area contributed by atoms with Crippen LogP contribution in [0.15, 0.2) is 65.8 Å². The SMILES string of the molecule is N#CCN(C(=O)CSc1nnc(C2CC2)n1-c1ccccc1)c1ccccc1. The van der Waals surface area contributed by atoms with Gasteiger partial charge < -0.3 is 0 Å². The van der Waals surface area contributed by atoms with Crippen LogP contribution in [0.2, 0.25) is 0 Å². The zero-order valence-electron chi connectivity index (χ0n) is 15.2. The molecule has 28 heavy (non-hydrogen) atoms. The highest BCUT2D eigenvalue weighted by molar-refractivity contribution is 7.99. The van der Waals surface area contributed by atoms with Crippen LogP contribution < -0.4 is 4.90 Å². The molecular formula is C21H19N5OS. The lowest BCUT2D eigenvalue weighted by molar-refractivity contribution is -0.116. The van der Waals surface area contributed by atoms with Crippen molar-refractivity contribution in [2.45, 2.75) is 23.9 Å². The summed E-state index contributed by atoms with van der Waals surface area (Å²) in [6.07, 6.45) is 2.25. The summed E-state index contributed by atoms with van der Waals surface area (Å²) in [5, 5.41) is 18.6. The molecule has 0 N–H and O–H groups in total. The molecule has 0 unspecified atom stereocenters. The summed E-state index contributed by atoms with van der Waals surface area (Å²) in [5.74, 6) is 1.45. The highest BCUT2D eigenvalue weighted by Crippen LogP contribution is 2.41. The lowest BCUT2D eigenvalue weighted by atomic mass is 10.3. The summed E-state index contributed by atoms with van der Waals surface area (Å²) in [7, 11) is 0. The molecule has 140 valence electrons. The maximum Gasteiger partial charge on any atom is 0.238 e. The standard InChI is InChI=1S/C21H19N5OS/c22-13-14-25(17-7-3-1-4-8-17)19(27)15-28-21-24-23-20(16-11-12-16)26(21)18-9-5-2-6-10-18/h1-10,16H,11-12,14-15H2. The summed E-state index contributed by atoms with van der Waals surface area (Å²) >= 11 is 1.35. The second-order valence-electron chi connectivity index (χ2n) is 6.55. The number of carbonyl (C=O) groups is 1. The molecule has 0 bridgehead atoms. The topological polar surface area (TPSA) is 74.8 Å². The third kappa shape index (κ3) is 3.92. The van der Waals surface area contributed by atoms with E-state index in [2.05, 4.69) is 16.3 Å². The summed E-state index contributed by atoms with van der Waals surface area (Å²) in [6, 6.07) is 21.3. The van der Waals surface area contributed by atoms with Crippen molar-refractivity contribution in [2.24, 2.45) is 0 Å². The van der Waals surface area contributed by atoms with Gasteiger partial charge in [-0.15, -0.1) is 10.2 Å². The van der Waals surface area contributed by atoms with Crippen molar-refractivity contribution in [1.29, 1.82) is 5.26 Å². The number of amides is 1. The first kappa shape index (κ1) is 18.3. The van der Waals surface area contributed by atoms with E-state index in [0.717, 1.165) is 30.0 Å². The van der Waals surface area contributed by atoms with Gasteiger partial charge in [-0.3, -0.25) is 14.3 Å². The van der Waals surface area contributed by atoms with E-state index in [1.165, 1.54) is 16.7 Å². The third-order valence-corrected chi connectivity index (χ3v) is 5.45. The molecule has 0 aliphatic heterocycles. The van der Waals surface area contributed by atoms with E-state index in [1.807, 2.05) is 65.2 Å². The molecule has 0 atom stereocenters. The van der Waals surface area contributed by atoms with E-state index in [1.54, 1.807) is 0 Å². The number of thioether (sulfide) groups is 1. The molecule has 4 rings (SSSR count). The number of nitrogens with zero attached hydrogens (tertiary/aromatic N) is 5. The number of benzene rings is 2. The number of rotatable bonds is 7. The van der Waals surface area contributed by atoms with Crippen molar-refractivity contribution in [3.05, 3.63) is 66.5 Å². The van der Waals surface area contributed by atoms with E-state index in [0.29, 0.717) is 11.1 Å². The van der Waals surface area contributed by atoms with Gasteiger partial charge in [-0.25, -0.2) is 0 Å². The van der Waals surface area contributed by atoms with Gasteiger partial charge >= 0.3 is 0 Å². The molecule has 0 spiro atoms. The van der Waals surface area contributed by atoms with Gasteiger partial charge in [0, 0.05) is 17.3 Å². The van der Waals surface area contributed by atoms with Crippen LogP contribution in [0.5, 0.6) is 0 Å². The van der Waals surface area contributed by atoms with Crippen molar-refractivity contribution in [2.75, 3.05) is 17.2 Å². The molecule has 0 saturated heterocycles. The van der Waals surface area contributed by atoms with E-state index < -0.39 is 0 Å². The molecule has 3 aromatic rings. The van der Waals surface area contributed by atoms with E-state index in [-0.39, 0.29) is 18.2 Å². The van der Waals surface area contributed by atoms with Crippen LogP contribution in [-0.4, -0.2) is 33.0 Å². The van der Waals surface area contributed by atoms with E-state index >= 15 is 0 Å². The highest BCUT2D eigenvalue weighted by atomic mass is 32.2. The molecule has 1 fully saturated rings. The molecule has 1 aliphatic rings. The first-order chi connectivity index (χ1) is 13.8. The Balaban J connectivity index is 1.55. The van der Waals surface area contributed by atoms with Crippen LogP contribution in [0.3, 0.4) is 0 Å². The highest BCUT2D eigenvalue weighted by Gasteiger charge is 2.31. The minimum atomic E-state index is -0.131. The van der Waals surface area contributed by atoms with Crippen LogP contribution in [0.4, 0.5) is 5.69 Å². The number of hydrogen-bond donors (Lipinski definition) is 0. The van der Waals surface area contributed by atoms with Crippen molar-refractivity contribution in [1.82, 2.24) is 14.8 Å². The molecular weight excluding hydrogens is 370 g/mol. The Kier molecular flexibility index (Phi) is 5.40. The van der Waals surface area contributed by atoms with Gasteiger partial charge in [-0.05, 0) is 37.1 Å². The average Bonchev–Trinajstić information content (AvgIpc) is 3.50. The quantitative estimate of drug-likeness (QED) is 0.454. The monoisotopic (exact) mass is 389 g/mol. The molecule has 1 heterocycles. The fourth-order valence-corrected chi connectivity index (χ4v) is 3.84. The number of hydrogen-bond acceptors (Lipinski definition) is 5. The van der Waals surface area contributed by atoms with Crippen LogP contribution in [-0.2, 0) is 4.79 Å². The number of aromatic nitrogens is 3. The molecule has 2 aromatic carbocycles. The van der Waals surface area contributed by atoms with Gasteiger partial charge in [0.15, 0.2) is 5.16 Å².